The quantitative estimate of drug-likeness (QED) is 0.760. The van der Waals surface area contributed by atoms with Gasteiger partial charge in [-0.05, 0) is 20.3 Å². The lowest BCUT2D eigenvalue weighted by molar-refractivity contribution is 0.0120. The van der Waals surface area contributed by atoms with Crippen LogP contribution in [-0.4, -0.2) is 30.7 Å². The third-order valence-electron chi connectivity index (χ3n) is 2.38. The predicted octanol–water partition coefficient (Wildman–Crippen LogP) is 1.63. The standard InChI is InChI=1S/C9H15ClN2O3S/c1-9(2,15-3)4-5-12-6-8(11-7-12)16(10,13)14/h6-7H,4-5H2,1-3H3. The summed E-state index contributed by atoms with van der Waals surface area (Å²) < 4.78 is 28.9. The Morgan fingerprint density at radius 3 is 2.62 bits per heavy atom. The van der Waals surface area contributed by atoms with Crippen LogP contribution in [0.15, 0.2) is 17.6 Å². The fraction of sp³-hybridized carbons (Fsp3) is 0.667. The van der Waals surface area contributed by atoms with Crippen LogP contribution in [0.3, 0.4) is 0 Å². The van der Waals surface area contributed by atoms with Crippen LogP contribution in [0.25, 0.3) is 0 Å². The maximum absolute atomic E-state index is 11.0. The summed E-state index contributed by atoms with van der Waals surface area (Å²) >= 11 is 0. The average molecular weight is 267 g/mol. The number of aromatic nitrogens is 2. The second-order valence-corrected chi connectivity index (χ2v) is 6.61. The molecule has 0 spiro atoms. The maximum atomic E-state index is 11.0. The first-order valence-corrected chi connectivity index (χ1v) is 7.07. The maximum Gasteiger partial charge on any atom is 0.280 e. The second-order valence-electron chi connectivity index (χ2n) is 4.10. The van der Waals surface area contributed by atoms with E-state index in [1.165, 1.54) is 12.5 Å². The van der Waals surface area contributed by atoms with Gasteiger partial charge in [-0.15, -0.1) is 0 Å². The molecule has 0 radical (unpaired) electrons. The summed E-state index contributed by atoms with van der Waals surface area (Å²) in [6.45, 7) is 4.55. The predicted molar refractivity (Wildman–Crippen MR) is 61.0 cm³/mol. The van der Waals surface area contributed by atoms with E-state index in [2.05, 4.69) is 4.98 Å². The largest absolute Gasteiger partial charge is 0.379 e. The minimum Gasteiger partial charge on any atom is -0.379 e. The molecule has 1 rings (SSSR count). The normalized spacial score (nSPS) is 13.0. The van der Waals surface area contributed by atoms with Gasteiger partial charge in [0, 0.05) is 30.5 Å². The highest BCUT2D eigenvalue weighted by molar-refractivity contribution is 8.13. The SMILES string of the molecule is COC(C)(C)CCn1cnc(S(=O)(=O)Cl)c1. The molecule has 0 fully saturated rings. The first-order chi connectivity index (χ1) is 7.24. The first kappa shape index (κ1) is 13.5. The minimum absolute atomic E-state index is 0.121. The molecule has 0 aliphatic heterocycles. The van der Waals surface area contributed by atoms with Crippen LogP contribution in [0, 0.1) is 0 Å². The molecule has 0 N–H and O–H groups in total. The number of nitrogens with zero attached hydrogens (tertiary/aromatic N) is 2. The van der Waals surface area contributed by atoms with E-state index in [1.807, 2.05) is 13.8 Å². The van der Waals surface area contributed by atoms with Crippen LogP contribution in [0.4, 0.5) is 0 Å². The molecular weight excluding hydrogens is 252 g/mol. The third kappa shape index (κ3) is 3.77. The Hall–Kier alpha value is -0.590. The lowest BCUT2D eigenvalue weighted by atomic mass is 10.1. The molecule has 0 aromatic carbocycles. The Kier molecular flexibility index (Phi) is 3.98. The van der Waals surface area contributed by atoms with Crippen molar-refractivity contribution in [1.82, 2.24) is 9.55 Å². The smallest absolute Gasteiger partial charge is 0.280 e. The van der Waals surface area contributed by atoms with Gasteiger partial charge in [0.2, 0.25) is 0 Å². The Labute approximate surface area is 99.8 Å². The Morgan fingerprint density at radius 1 is 1.56 bits per heavy atom. The first-order valence-electron chi connectivity index (χ1n) is 4.76. The summed E-state index contributed by atoms with van der Waals surface area (Å²) in [6.07, 6.45) is 3.61. The molecule has 0 saturated heterocycles. The zero-order valence-electron chi connectivity index (χ0n) is 9.47. The Morgan fingerprint density at radius 2 is 2.19 bits per heavy atom. The molecule has 0 atom stereocenters. The summed E-state index contributed by atoms with van der Waals surface area (Å²) in [6, 6.07) is 0. The molecule has 7 heteroatoms. The van der Waals surface area contributed by atoms with Gasteiger partial charge in [0.15, 0.2) is 5.03 Å². The molecule has 5 nitrogen and oxygen atoms in total. The zero-order chi connectivity index (χ0) is 12.4. The summed E-state index contributed by atoms with van der Waals surface area (Å²) in [4.78, 5) is 3.72. The van der Waals surface area contributed by atoms with Crippen molar-refractivity contribution in [2.75, 3.05) is 7.11 Å². The molecule has 92 valence electrons. The number of ether oxygens (including phenoxy) is 1. The van der Waals surface area contributed by atoms with E-state index in [-0.39, 0.29) is 10.6 Å². The van der Waals surface area contributed by atoms with Crippen molar-refractivity contribution in [3.8, 4) is 0 Å². The van der Waals surface area contributed by atoms with Gasteiger partial charge in [-0.25, -0.2) is 13.4 Å². The van der Waals surface area contributed by atoms with Gasteiger partial charge in [0.1, 0.15) is 0 Å². The number of hydrogen-bond acceptors (Lipinski definition) is 4. The van der Waals surface area contributed by atoms with E-state index < -0.39 is 9.05 Å². The molecule has 0 saturated carbocycles. The van der Waals surface area contributed by atoms with Crippen LogP contribution in [0.5, 0.6) is 0 Å². The molecule has 1 aromatic heterocycles. The van der Waals surface area contributed by atoms with Crippen LogP contribution >= 0.6 is 10.7 Å². The number of methoxy groups -OCH3 is 1. The molecule has 16 heavy (non-hydrogen) atoms. The van der Waals surface area contributed by atoms with Gasteiger partial charge < -0.3 is 9.30 Å². The van der Waals surface area contributed by atoms with Crippen molar-refractivity contribution in [2.24, 2.45) is 0 Å². The lowest BCUT2D eigenvalue weighted by Gasteiger charge is -2.22. The van der Waals surface area contributed by atoms with Gasteiger partial charge in [-0.1, -0.05) is 0 Å². The highest BCUT2D eigenvalue weighted by atomic mass is 35.7. The highest BCUT2D eigenvalue weighted by Gasteiger charge is 2.17. The fourth-order valence-corrected chi connectivity index (χ4v) is 1.76. The van der Waals surface area contributed by atoms with E-state index in [4.69, 9.17) is 15.4 Å². The van der Waals surface area contributed by atoms with Gasteiger partial charge in [-0.2, -0.15) is 0 Å². The van der Waals surface area contributed by atoms with Gasteiger partial charge in [-0.3, -0.25) is 0 Å². The van der Waals surface area contributed by atoms with Crippen molar-refractivity contribution < 1.29 is 13.2 Å². The van der Waals surface area contributed by atoms with E-state index in [1.54, 1.807) is 11.7 Å². The van der Waals surface area contributed by atoms with Gasteiger partial charge >= 0.3 is 0 Å². The number of aryl methyl sites for hydroxylation is 1. The molecule has 0 aliphatic rings. The van der Waals surface area contributed by atoms with Crippen LogP contribution in [-0.2, 0) is 20.3 Å². The molecule has 0 bridgehead atoms. The summed E-state index contributed by atoms with van der Waals surface area (Å²) in [5.74, 6) is 0. The minimum atomic E-state index is -3.73. The third-order valence-corrected chi connectivity index (χ3v) is 3.57. The summed E-state index contributed by atoms with van der Waals surface area (Å²) in [5.41, 5.74) is -0.246. The number of imidazole rings is 1. The zero-order valence-corrected chi connectivity index (χ0v) is 11.0. The molecular formula is C9H15ClN2O3S. The fourth-order valence-electron chi connectivity index (χ4n) is 1.09. The van der Waals surface area contributed by atoms with Crippen LogP contribution in [0.2, 0.25) is 0 Å². The van der Waals surface area contributed by atoms with Crippen LogP contribution in [0.1, 0.15) is 20.3 Å². The van der Waals surface area contributed by atoms with Crippen LogP contribution < -0.4 is 0 Å². The molecule has 0 aliphatic carbocycles. The highest BCUT2D eigenvalue weighted by Crippen LogP contribution is 2.16. The molecule has 1 heterocycles. The number of rotatable bonds is 5. The van der Waals surface area contributed by atoms with Crippen molar-refractivity contribution >= 4 is 19.7 Å². The van der Waals surface area contributed by atoms with Gasteiger partial charge in [0.25, 0.3) is 9.05 Å². The van der Waals surface area contributed by atoms with Crippen molar-refractivity contribution in [3.63, 3.8) is 0 Å². The molecule has 0 unspecified atom stereocenters. The monoisotopic (exact) mass is 266 g/mol. The molecule has 1 aromatic rings. The van der Waals surface area contributed by atoms with Crippen molar-refractivity contribution in [3.05, 3.63) is 12.5 Å². The second kappa shape index (κ2) is 4.73. The number of halogens is 1. The Bertz CT molecular complexity index is 453. The van der Waals surface area contributed by atoms with E-state index in [9.17, 15) is 8.42 Å². The Balaban J connectivity index is 2.67. The molecule has 0 amide bonds. The summed E-state index contributed by atoms with van der Waals surface area (Å²) in [5, 5.41) is -0.121. The van der Waals surface area contributed by atoms with E-state index >= 15 is 0 Å². The average Bonchev–Trinajstić information content (AvgIpc) is 2.63. The lowest BCUT2D eigenvalue weighted by Crippen LogP contribution is -2.24. The van der Waals surface area contributed by atoms with Crippen molar-refractivity contribution in [1.29, 1.82) is 0 Å². The van der Waals surface area contributed by atoms with E-state index in [0.29, 0.717) is 6.54 Å². The van der Waals surface area contributed by atoms with E-state index in [0.717, 1.165) is 6.42 Å². The number of hydrogen-bond donors (Lipinski definition) is 0. The van der Waals surface area contributed by atoms with Gasteiger partial charge in [0.05, 0.1) is 11.9 Å². The topological polar surface area (TPSA) is 61.2 Å². The summed E-state index contributed by atoms with van der Waals surface area (Å²) in [7, 11) is 3.07. The van der Waals surface area contributed by atoms with Crippen molar-refractivity contribution in [2.45, 2.75) is 37.4 Å².